The minimum absolute atomic E-state index is 0.0605. The number of sulfone groups is 1. The fourth-order valence-electron chi connectivity index (χ4n) is 3.55. The van der Waals surface area contributed by atoms with Gasteiger partial charge < -0.3 is 14.4 Å². The normalized spacial score (nSPS) is 18.0. The Hall–Kier alpha value is -3.07. The predicted octanol–water partition coefficient (Wildman–Crippen LogP) is 2.51. The highest BCUT2D eigenvalue weighted by molar-refractivity contribution is 7.91. The highest BCUT2D eigenvalue weighted by Crippen LogP contribution is 2.31. The van der Waals surface area contributed by atoms with Crippen LogP contribution in [0.5, 0.6) is 5.75 Å². The Balaban J connectivity index is 1.64. The van der Waals surface area contributed by atoms with Gasteiger partial charge in [0.15, 0.2) is 9.84 Å². The lowest BCUT2D eigenvalue weighted by Crippen LogP contribution is -2.40. The number of hydrogen-bond donors (Lipinski definition) is 2. The molecule has 0 radical (unpaired) electrons. The molecule has 3 heterocycles. The summed E-state index contributed by atoms with van der Waals surface area (Å²) in [5.41, 5.74) is 1.87. The molecule has 1 atom stereocenters. The maximum atomic E-state index is 13.2. The maximum absolute atomic E-state index is 13.2. The van der Waals surface area contributed by atoms with E-state index in [-0.39, 0.29) is 35.4 Å². The summed E-state index contributed by atoms with van der Waals surface area (Å²) in [5, 5.41) is 17.2. The van der Waals surface area contributed by atoms with Crippen molar-refractivity contribution in [1.82, 2.24) is 15.1 Å². The van der Waals surface area contributed by atoms with Crippen LogP contribution >= 0.6 is 0 Å². The molecule has 0 bridgehead atoms. The Bertz CT molecular complexity index is 1130. The molecule has 152 valence electrons. The fourth-order valence-corrected chi connectivity index (χ4v) is 5.28. The van der Waals surface area contributed by atoms with E-state index in [2.05, 4.69) is 10.2 Å². The lowest BCUT2D eigenvalue weighted by molar-refractivity contribution is 0.0660. The Morgan fingerprint density at radius 2 is 2.17 bits per heavy atom. The second-order valence-corrected chi connectivity index (χ2v) is 9.44. The van der Waals surface area contributed by atoms with E-state index in [0.29, 0.717) is 29.0 Å². The molecular formula is C20H21N3O5S. The van der Waals surface area contributed by atoms with Gasteiger partial charge in [0.2, 0.25) is 0 Å². The average Bonchev–Trinajstić information content (AvgIpc) is 3.42. The van der Waals surface area contributed by atoms with Crippen LogP contribution in [0.25, 0.3) is 11.3 Å². The summed E-state index contributed by atoms with van der Waals surface area (Å²) in [6.07, 6.45) is 1.90. The van der Waals surface area contributed by atoms with E-state index < -0.39 is 15.9 Å². The van der Waals surface area contributed by atoms with Crippen molar-refractivity contribution in [3.8, 4) is 17.0 Å². The minimum Gasteiger partial charge on any atom is -0.507 e. The number of aromatic amines is 1. The summed E-state index contributed by atoms with van der Waals surface area (Å²) in [6.45, 7) is 1.94. The first kappa shape index (κ1) is 19.3. The molecule has 2 N–H and O–H groups in total. The van der Waals surface area contributed by atoms with Crippen molar-refractivity contribution in [2.45, 2.75) is 25.9 Å². The van der Waals surface area contributed by atoms with Crippen LogP contribution in [0.1, 0.15) is 28.2 Å². The predicted molar refractivity (Wildman–Crippen MR) is 106 cm³/mol. The summed E-state index contributed by atoms with van der Waals surface area (Å²) in [4.78, 5) is 14.7. The summed E-state index contributed by atoms with van der Waals surface area (Å²) in [6, 6.07) is 9.89. The number of H-pyrrole nitrogens is 1. The van der Waals surface area contributed by atoms with Crippen LogP contribution in [0.3, 0.4) is 0 Å². The minimum atomic E-state index is -3.17. The number of carbonyl (C=O) groups excluding carboxylic acids is 1. The van der Waals surface area contributed by atoms with Crippen molar-refractivity contribution in [3.05, 3.63) is 59.7 Å². The molecule has 2 aromatic heterocycles. The van der Waals surface area contributed by atoms with Crippen LogP contribution in [0.2, 0.25) is 0 Å². The van der Waals surface area contributed by atoms with Crippen molar-refractivity contribution in [3.63, 3.8) is 0 Å². The lowest BCUT2D eigenvalue weighted by atomic mass is 10.1. The second kappa shape index (κ2) is 7.40. The molecule has 9 heteroatoms. The third-order valence-corrected chi connectivity index (χ3v) is 6.89. The van der Waals surface area contributed by atoms with Gasteiger partial charge in [-0.15, -0.1) is 0 Å². The van der Waals surface area contributed by atoms with Crippen molar-refractivity contribution < 1.29 is 22.7 Å². The summed E-state index contributed by atoms with van der Waals surface area (Å²) < 4.78 is 29.3. The fraction of sp³-hybridized carbons (Fsp3) is 0.300. The zero-order valence-corrected chi connectivity index (χ0v) is 16.6. The number of rotatable bonds is 5. The number of phenols is 1. The third kappa shape index (κ3) is 3.91. The van der Waals surface area contributed by atoms with Gasteiger partial charge in [0.05, 0.1) is 30.0 Å². The van der Waals surface area contributed by atoms with Gasteiger partial charge in [-0.25, -0.2) is 8.42 Å². The Labute approximate surface area is 168 Å². The number of nitrogens with zero attached hydrogens (tertiary/aromatic N) is 2. The molecule has 4 rings (SSSR count). The molecule has 1 aromatic carbocycles. The maximum Gasteiger partial charge on any atom is 0.272 e. The van der Waals surface area contributed by atoms with E-state index in [9.17, 15) is 18.3 Å². The molecule has 1 aliphatic rings. The average molecular weight is 415 g/mol. The number of phenolic OH excluding ortho intramolecular Hbond substituents is 1. The van der Waals surface area contributed by atoms with Gasteiger partial charge in [0.1, 0.15) is 17.2 Å². The quantitative estimate of drug-likeness (QED) is 0.661. The molecule has 3 aromatic rings. The lowest BCUT2D eigenvalue weighted by Gasteiger charge is -2.26. The number of aromatic hydroxyl groups is 1. The number of aryl methyl sites for hydroxylation is 1. The van der Waals surface area contributed by atoms with E-state index in [0.717, 1.165) is 0 Å². The Kier molecular flexibility index (Phi) is 4.91. The van der Waals surface area contributed by atoms with Gasteiger partial charge in [0, 0.05) is 11.6 Å². The largest absolute Gasteiger partial charge is 0.507 e. The molecular weight excluding hydrogens is 394 g/mol. The van der Waals surface area contributed by atoms with E-state index in [4.69, 9.17) is 4.42 Å². The molecule has 0 spiro atoms. The van der Waals surface area contributed by atoms with Crippen molar-refractivity contribution in [2.75, 3.05) is 11.5 Å². The number of benzene rings is 1. The topological polar surface area (TPSA) is 116 Å². The van der Waals surface area contributed by atoms with Crippen LogP contribution in [0, 0.1) is 6.92 Å². The SMILES string of the molecule is Cc1cccc(-c2cc(C(=O)N(Cc3ccco3)[C@@H]3CCS(=O)(=O)C3)[nH]n2)c1O. The van der Waals surface area contributed by atoms with E-state index in [1.807, 2.05) is 0 Å². The molecule has 8 nitrogen and oxygen atoms in total. The number of amides is 1. The highest BCUT2D eigenvalue weighted by Gasteiger charge is 2.36. The van der Waals surface area contributed by atoms with Crippen LogP contribution in [0.15, 0.2) is 47.1 Å². The van der Waals surface area contributed by atoms with E-state index >= 15 is 0 Å². The van der Waals surface area contributed by atoms with Crippen LogP contribution in [0.4, 0.5) is 0 Å². The summed E-state index contributed by atoms with van der Waals surface area (Å²) in [5.74, 6) is 0.296. The van der Waals surface area contributed by atoms with Crippen LogP contribution in [-0.4, -0.2) is 52.1 Å². The van der Waals surface area contributed by atoms with Gasteiger partial charge in [-0.2, -0.15) is 5.10 Å². The molecule has 1 fully saturated rings. The van der Waals surface area contributed by atoms with Crippen LogP contribution in [-0.2, 0) is 16.4 Å². The number of para-hydroxylation sites is 1. The zero-order chi connectivity index (χ0) is 20.6. The Morgan fingerprint density at radius 1 is 1.34 bits per heavy atom. The van der Waals surface area contributed by atoms with Gasteiger partial charge >= 0.3 is 0 Å². The molecule has 0 unspecified atom stereocenters. The number of nitrogens with one attached hydrogen (secondary N) is 1. The van der Waals surface area contributed by atoms with Gasteiger partial charge in [0.25, 0.3) is 5.91 Å². The molecule has 0 saturated carbocycles. The Morgan fingerprint density at radius 3 is 2.86 bits per heavy atom. The first-order chi connectivity index (χ1) is 13.8. The van der Waals surface area contributed by atoms with Gasteiger partial charge in [-0.3, -0.25) is 9.89 Å². The molecule has 1 amide bonds. The van der Waals surface area contributed by atoms with Gasteiger partial charge in [-0.05, 0) is 43.2 Å². The highest BCUT2D eigenvalue weighted by atomic mass is 32.2. The number of aromatic nitrogens is 2. The molecule has 0 aliphatic carbocycles. The van der Waals surface area contributed by atoms with E-state index in [1.165, 1.54) is 11.2 Å². The first-order valence-corrected chi connectivity index (χ1v) is 11.0. The first-order valence-electron chi connectivity index (χ1n) is 9.22. The summed E-state index contributed by atoms with van der Waals surface area (Å²) >= 11 is 0. The van der Waals surface area contributed by atoms with Crippen LogP contribution < -0.4 is 0 Å². The molecule has 29 heavy (non-hydrogen) atoms. The van der Waals surface area contributed by atoms with Crippen molar-refractivity contribution in [2.24, 2.45) is 0 Å². The third-order valence-electron chi connectivity index (χ3n) is 5.14. The second-order valence-electron chi connectivity index (χ2n) is 7.21. The van der Waals surface area contributed by atoms with E-state index in [1.54, 1.807) is 43.3 Å². The number of carbonyl (C=O) groups is 1. The van der Waals surface area contributed by atoms with Gasteiger partial charge in [-0.1, -0.05) is 12.1 Å². The monoisotopic (exact) mass is 415 g/mol. The smallest absolute Gasteiger partial charge is 0.272 e. The van der Waals surface area contributed by atoms with Crippen molar-refractivity contribution in [1.29, 1.82) is 0 Å². The zero-order valence-electron chi connectivity index (χ0n) is 15.8. The molecule has 1 aliphatic heterocycles. The molecule has 1 saturated heterocycles. The summed E-state index contributed by atoms with van der Waals surface area (Å²) in [7, 11) is -3.17. The number of hydrogen-bond acceptors (Lipinski definition) is 6. The number of furan rings is 1. The van der Waals surface area contributed by atoms with Crippen molar-refractivity contribution >= 4 is 15.7 Å². The standard InChI is InChI=1S/C20H21N3O5S/c1-13-4-2-6-16(19(13)24)17-10-18(22-21-17)20(25)23(11-15-5-3-8-28-15)14-7-9-29(26,27)12-14/h2-6,8,10,14,24H,7,9,11-12H2,1H3,(H,21,22)/t14-/m1/s1.